The van der Waals surface area contributed by atoms with Gasteiger partial charge < -0.3 is 5.32 Å². The molecule has 1 aromatic rings. The van der Waals surface area contributed by atoms with Crippen LogP contribution in [-0.2, 0) is 0 Å². The summed E-state index contributed by atoms with van der Waals surface area (Å²) in [5.74, 6) is -0.294. The number of hydrogen-bond donors (Lipinski definition) is 1. The molecule has 0 aliphatic rings. The Kier molecular flexibility index (Phi) is 3.48. The molecule has 0 spiro atoms. The zero-order valence-corrected chi connectivity index (χ0v) is 9.52. The first-order chi connectivity index (χ1) is 6.54. The number of nitrogens with one attached hydrogen (secondary N) is 1. The van der Waals surface area contributed by atoms with Gasteiger partial charge in [0, 0.05) is 5.69 Å². The van der Waals surface area contributed by atoms with Gasteiger partial charge in [0.15, 0.2) is 0 Å². The highest BCUT2D eigenvalue weighted by atomic mass is 79.9. The molecule has 1 atom stereocenters. The molecule has 0 aliphatic carbocycles. The fourth-order valence-electron chi connectivity index (χ4n) is 1.07. The predicted octanol–water partition coefficient (Wildman–Crippen LogP) is 3.22. The molecule has 4 heteroatoms. The number of benzene rings is 1. The van der Waals surface area contributed by atoms with E-state index in [9.17, 15) is 4.39 Å². The number of aryl methyl sites for hydroxylation is 1. The van der Waals surface area contributed by atoms with E-state index in [0.29, 0.717) is 4.47 Å². The SMILES string of the molecule is Cc1cc(F)c(Br)cc1NC(C)C#N. The Balaban J connectivity index is 2.99. The third kappa shape index (κ3) is 2.46. The summed E-state index contributed by atoms with van der Waals surface area (Å²) >= 11 is 3.09. The highest BCUT2D eigenvalue weighted by molar-refractivity contribution is 9.10. The standard InChI is InChI=1S/C10H10BrFN2/c1-6-3-9(12)8(11)4-10(6)14-7(2)5-13/h3-4,7,14H,1-2H3. The first-order valence-corrected chi connectivity index (χ1v) is 4.95. The van der Waals surface area contributed by atoms with Crippen LogP contribution in [0.3, 0.4) is 0 Å². The summed E-state index contributed by atoms with van der Waals surface area (Å²) in [4.78, 5) is 0. The molecule has 1 N–H and O–H groups in total. The quantitative estimate of drug-likeness (QED) is 0.882. The van der Waals surface area contributed by atoms with Crippen LogP contribution in [-0.4, -0.2) is 6.04 Å². The first-order valence-electron chi connectivity index (χ1n) is 4.16. The molecule has 14 heavy (non-hydrogen) atoms. The van der Waals surface area contributed by atoms with Crippen LogP contribution in [0.15, 0.2) is 16.6 Å². The molecule has 0 radical (unpaired) electrons. The lowest BCUT2D eigenvalue weighted by Crippen LogP contribution is -2.13. The molecule has 1 unspecified atom stereocenters. The molecule has 0 fully saturated rings. The predicted molar refractivity (Wildman–Crippen MR) is 57.5 cm³/mol. The van der Waals surface area contributed by atoms with E-state index in [-0.39, 0.29) is 11.9 Å². The van der Waals surface area contributed by atoms with Crippen LogP contribution in [0.2, 0.25) is 0 Å². The van der Waals surface area contributed by atoms with E-state index in [0.717, 1.165) is 11.3 Å². The third-order valence-corrected chi connectivity index (χ3v) is 2.44. The van der Waals surface area contributed by atoms with Gasteiger partial charge in [0.25, 0.3) is 0 Å². The highest BCUT2D eigenvalue weighted by Crippen LogP contribution is 2.24. The number of nitriles is 1. The van der Waals surface area contributed by atoms with E-state index in [4.69, 9.17) is 5.26 Å². The van der Waals surface area contributed by atoms with Crippen LogP contribution in [0.25, 0.3) is 0 Å². The number of hydrogen-bond acceptors (Lipinski definition) is 2. The summed E-state index contributed by atoms with van der Waals surface area (Å²) in [5.41, 5.74) is 1.56. The Hall–Kier alpha value is -1.08. The Morgan fingerprint density at radius 1 is 1.57 bits per heavy atom. The minimum atomic E-state index is -0.294. The van der Waals surface area contributed by atoms with Gasteiger partial charge in [0.1, 0.15) is 11.9 Å². The Morgan fingerprint density at radius 3 is 2.79 bits per heavy atom. The minimum absolute atomic E-state index is 0.286. The van der Waals surface area contributed by atoms with E-state index in [1.165, 1.54) is 6.07 Å². The van der Waals surface area contributed by atoms with E-state index >= 15 is 0 Å². The number of rotatable bonds is 2. The number of halogens is 2. The van der Waals surface area contributed by atoms with Crippen LogP contribution >= 0.6 is 15.9 Å². The molecular weight excluding hydrogens is 247 g/mol. The third-order valence-electron chi connectivity index (χ3n) is 1.83. The summed E-state index contributed by atoms with van der Waals surface area (Å²) in [6, 6.07) is 4.83. The first kappa shape index (κ1) is 11.0. The van der Waals surface area contributed by atoms with Crippen molar-refractivity contribution in [3.63, 3.8) is 0 Å². The normalized spacial score (nSPS) is 11.9. The van der Waals surface area contributed by atoms with Crippen molar-refractivity contribution in [3.05, 3.63) is 28.0 Å². The summed E-state index contributed by atoms with van der Waals surface area (Å²) in [6.45, 7) is 3.54. The van der Waals surface area contributed by atoms with E-state index < -0.39 is 0 Å². The Labute approximate surface area is 90.9 Å². The molecule has 2 nitrogen and oxygen atoms in total. The second-order valence-corrected chi connectivity index (χ2v) is 3.93. The average molecular weight is 257 g/mol. The lowest BCUT2D eigenvalue weighted by atomic mass is 10.2. The molecule has 0 heterocycles. The van der Waals surface area contributed by atoms with Gasteiger partial charge in [-0.2, -0.15) is 5.26 Å². The lowest BCUT2D eigenvalue weighted by Gasteiger charge is -2.11. The largest absolute Gasteiger partial charge is 0.370 e. The zero-order valence-electron chi connectivity index (χ0n) is 7.94. The fraction of sp³-hybridized carbons (Fsp3) is 0.300. The van der Waals surface area contributed by atoms with Gasteiger partial charge in [-0.3, -0.25) is 0 Å². The maximum atomic E-state index is 13.0. The van der Waals surface area contributed by atoms with E-state index in [1.807, 2.05) is 0 Å². The van der Waals surface area contributed by atoms with Gasteiger partial charge in [-0.15, -0.1) is 0 Å². The van der Waals surface area contributed by atoms with Crippen molar-refractivity contribution in [2.75, 3.05) is 5.32 Å². The second-order valence-electron chi connectivity index (χ2n) is 3.08. The van der Waals surface area contributed by atoms with Crippen molar-refractivity contribution in [2.24, 2.45) is 0 Å². The molecule has 0 aliphatic heterocycles. The molecule has 1 rings (SSSR count). The summed E-state index contributed by atoms with van der Waals surface area (Å²) in [6.07, 6.45) is 0. The van der Waals surface area contributed by atoms with Crippen molar-refractivity contribution < 1.29 is 4.39 Å². The van der Waals surface area contributed by atoms with Crippen LogP contribution in [0.1, 0.15) is 12.5 Å². The molecule has 0 bridgehead atoms. The number of anilines is 1. The maximum absolute atomic E-state index is 13.0. The van der Waals surface area contributed by atoms with Gasteiger partial charge in [-0.05, 0) is 47.5 Å². The van der Waals surface area contributed by atoms with Gasteiger partial charge in [-0.25, -0.2) is 4.39 Å². The van der Waals surface area contributed by atoms with Gasteiger partial charge >= 0.3 is 0 Å². The van der Waals surface area contributed by atoms with Crippen LogP contribution in [0, 0.1) is 24.1 Å². The Morgan fingerprint density at radius 2 is 2.21 bits per heavy atom. The zero-order chi connectivity index (χ0) is 10.7. The molecule has 1 aromatic carbocycles. The van der Waals surface area contributed by atoms with Crippen molar-refractivity contribution in [3.8, 4) is 6.07 Å². The Bertz CT molecular complexity index is 384. The second kappa shape index (κ2) is 4.43. The monoisotopic (exact) mass is 256 g/mol. The summed E-state index contributed by atoms with van der Waals surface area (Å²) in [5, 5.41) is 11.6. The van der Waals surface area contributed by atoms with Gasteiger partial charge in [0.2, 0.25) is 0 Å². The number of nitrogens with zero attached hydrogens (tertiary/aromatic N) is 1. The van der Waals surface area contributed by atoms with Crippen molar-refractivity contribution >= 4 is 21.6 Å². The molecular formula is C10H10BrFN2. The van der Waals surface area contributed by atoms with Crippen LogP contribution < -0.4 is 5.32 Å². The molecule has 0 saturated carbocycles. The molecule has 0 amide bonds. The van der Waals surface area contributed by atoms with Crippen molar-refractivity contribution in [2.45, 2.75) is 19.9 Å². The van der Waals surface area contributed by atoms with Crippen molar-refractivity contribution in [1.29, 1.82) is 5.26 Å². The van der Waals surface area contributed by atoms with Crippen molar-refractivity contribution in [1.82, 2.24) is 0 Å². The van der Waals surface area contributed by atoms with Crippen LogP contribution in [0.4, 0.5) is 10.1 Å². The smallest absolute Gasteiger partial charge is 0.137 e. The molecule has 74 valence electrons. The molecule has 0 aromatic heterocycles. The van der Waals surface area contributed by atoms with Gasteiger partial charge in [-0.1, -0.05) is 0 Å². The average Bonchev–Trinajstić information content (AvgIpc) is 2.14. The summed E-state index contributed by atoms with van der Waals surface area (Å²) < 4.78 is 13.4. The topological polar surface area (TPSA) is 35.8 Å². The highest BCUT2D eigenvalue weighted by Gasteiger charge is 2.06. The fourth-order valence-corrected chi connectivity index (χ4v) is 1.41. The maximum Gasteiger partial charge on any atom is 0.137 e. The van der Waals surface area contributed by atoms with Gasteiger partial charge in [0.05, 0.1) is 10.5 Å². The van der Waals surface area contributed by atoms with E-state index in [2.05, 4.69) is 27.3 Å². The lowest BCUT2D eigenvalue weighted by molar-refractivity contribution is 0.620. The minimum Gasteiger partial charge on any atom is -0.370 e. The summed E-state index contributed by atoms with van der Waals surface area (Å²) in [7, 11) is 0. The van der Waals surface area contributed by atoms with E-state index in [1.54, 1.807) is 19.9 Å². The molecule has 0 saturated heterocycles. The van der Waals surface area contributed by atoms with Crippen LogP contribution in [0.5, 0.6) is 0 Å².